The maximum absolute atomic E-state index is 13.2. The zero-order chi connectivity index (χ0) is 25.0. The zero-order valence-electron chi connectivity index (χ0n) is 19.4. The molecule has 0 aliphatic carbocycles. The van der Waals surface area contributed by atoms with Crippen molar-refractivity contribution in [2.75, 3.05) is 19.8 Å². The van der Waals surface area contributed by atoms with Gasteiger partial charge in [-0.3, -0.25) is 24.4 Å². The summed E-state index contributed by atoms with van der Waals surface area (Å²) in [6, 6.07) is 5.46. The van der Waals surface area contributed by atoms with Gasteiger partial charge in [0.2, 0.25) is 23.6 Å². The Hall–Kier alpha value is -2.79. The van der Waals surface area contributed by atoms with Crippen molar-refractivity contribution in [1.29, 1.82) is 0 Å². The monoisotopic (exact) mass is 482 g/mol. The van der Waals surface area contributed by atoms with Gasteiger partial charge in [-0.25, -0.2) is 5.48 Å². The first-order valence-electron chi connectivity index (χ1n) is 10.7. The van der Waals surface area contributed by atoms with Gasteiger partial charge in [-0.2, -0.15) is 0 Å². The van der Waals surface area contributed by atoms with Crippen molar-refractivity contribution in [3.05, 3.63) is 24.3 Å². The average Bonchev–Trinajstić information content (AvgIpc) is 2.80. The first-order valence-corrected chi connectivity index (χ1v) is 11.7. The molecule has 1 aromatic rings. The predicted molar refractivity (Wildman–Crippen MR) is 124 cm³/mol. The summed E-state index contributed by atoms with van der Waals surface area (Å²) < 4.78 is 0. The number of likely N-dealkylation sites (N-methyl/N-ethyl adjacent to an activating group) is 1. The average molecular weight is 483 g/mol. The smallest absolute Gasteiger partial charge is 0.248 e. The molecule has 10 nitrogen and oxygen atoms in total. The van der Waals surface area contributed by atoms with E-state index in [9.17, 15) is 29.5 Å². The number of hydroxylamine groups is 1. The van der Waals surface area contributed by atoms with Crippen LogP contribution in [0.1, 0.15) is 33.1 Å². The molecule has 0 aliphatic heterocycles. The minimum absolute atomic E-state index is 0.0426. The highest BCUT2D eigenvalue weighted by atomic mass is 32.2. The van der Waals surface area contributed by atoms with E-state index in [1.54, 1.807) is 17.6 Å². The van der Waals surface area contributed by atoms with Gasteiger partial charge in [0.25, 0.3) is 0 Å². The molecule has 184 valence electrons. The van der Waals surface area contributed by atoms with E-state index in [1.807, 2.05) is 13.8 Å². The quantitative estimate of drug-likeness (QED) is 0.139. The second kappa shape index (κ2) is 14.4. The number of benzene rings is 1. The molecule has 0 aliphatic rings. The molecular weight excluding hydrogens is 448 g/mol. The Balaban J connectivity index is 3.08. The van der Waals surface area contributed by atoms with Crippen LogP contribution < -0.4 is 21.4 Å². The van der Waals surface area contributed by atoms with Crippen LogP contribution in [0.2, 0.25) is 0 Å². The number of hydrogen-bond donors (Lipinski definition) is 6. The predicted octanol–water partition coefficient (Wildman–Crippen LogP) is 1.03. The molecule has 3 atom stereocenters. The lowest BCUT2D eigenvalue weighted by Crippen LogP contribution is -2.51. The van der Waals surface area contributed by atoms with E-state index in [4.69, 9.17) is 0 Å². The van der Waals surface area contributed by atoms with E-state index in [-0.39, 0.29) is 36.2 Å². The number of thioether (sulfide) groups is 1. The number of rotatable bonds is 13. The van der Waals surface area contributed by atoms with Gasteiger partial charge in [0, 0.05) is 31.2 Å². The third-order valence-corrected chi connectivity index (χ3v) is 6.21. The molecule has 11 heteroatoms. The Morgan fingerprint density at radius 1 is 0.939 bits per heavy atom. The number of hydrogen-bond acceptors (Lipinski definition) is 7. The number of aromatic hydroxyl groups is 1. The van der Waals surface area contributed by atoms with E-state index >= 15 is 0 Å². The van der Waals surface area contributed by atoms with Gasteiger partial charge < -0.3 is 21.1 Å². The topological polar surface area (TPSA) is 157 Å². The second-order valence-electron chi connectivity index (χ2n) is 8.01. The number of phenols is 1. The van der Waals surface area contributed by atoms with E-state index in [0.717, 1.165) is 4.90 Å². The molecule has 0 bridgehead atoms. The summed E-state index contributed by atoms with van der Waals surface area (Å²) in [6.07, 6.45) is 0.482. The van der Waals surface area contributed by atoms with Gasteiger partial charge in [0.05, 0.1) is 11.8 Å². The van der Waals surface area contributed by atoms with Gasteiger partial charge in [-0.05, 0) is 43.0 Å². The minimum Gasteiger partial charge on any atom is -0.508 e. The fourth-order valence-corrected chi connectivity index (χ4v) is 4.35. The first kappa shape index (κ1) is 28.2. The Morgan fingerprint density at radius 3 is 2.09 bits per heavy atom. The number of phenolic OH excluding ortho intramolecular Hbond substituents is 1. The summed E-state index contributed by atoms with van der Waals surface area (Å²) >= 11 is 1.31. The molecule has 0 saturated carbocycles. The maximum atomic E-state index is 13.2. The van der Waals surface area contributed by atoms with Gasteiger partial charge >= 0.3 is 0 Å². The van der Waals surface area contributed by atoms with Gasteiger partial charge in [0.15, 0.2) is 0 Å². The zero-order valence-corrected chi connectivity index (χ0v) is 20.2. The van der Waals surface area contributed by atoms with Crippen LogP contribution in [0.3, 0.4) is 0 Å². The summed E-state index contributed by atoms with van der Waals surface area (Å²) in [6.45, 7) is 3.81. The summed E-state index contributed by atoms with van der Waals surface area (Å²) in [5, 5.41) is 26.4. The van der Waals surface area contributed by atoms with Crippen molar-refractivity contribution in [3.63, 3.8) is 0 Å². The number of carbonyl (C=O) groups is 4. The normalized spacial score (nSPS) is 13.5. The van der Waals surface area contributed by atoms with Crippen molar-refractivity contribution in [2.24, 2.45) is 17.8 Å². The minimum atomic E-state index is -0.947. The van der Waals surface area contributed by atoms with E-state index < -0.39 is 35.6 Å². The molecule has 1 unspecified atom stereocenters. The van der Waals surface area contributed by atoms with Crippen molar-refractivity contribution in [3.8, 4) is 5.75 Å². The lowest BCUT2D eigenvalue weighted by molar-refractivity contribution is -0.140. The van der Waals surface area contributed by atoms with Gasteiger partial charge in [-0.15, -0.1) is 11.8 Å². The molecule has 0 heterocycles. The van der Waals surface area contributed by atoms with Crippen LogP contribution in [0, 0.1) is 17.8 Å². The molecular formula is C22H34N4O6S. The maximum Gasteiger partial charge on any atom is 0.248 e. The fraction of sp³-hybridized carbons (Fsp3) is 0.545. The number of amides is 4. The Labute approximate surface area is 198 Å². The molecule has 1 aromatic carbocycles. The largest absolute Gasteiger partial charge is 0.508 e. The van der Waals surface area contributed by atoms with Crippen molar-refractivity contribution >= 4 is 35.4 Å². The summed E-state index contributed by atoms with van der Waals surface area (Å²) in [5.74, 6) is -3.29. The summed E-state index contributed by atoms with van der Waals surface area (Å²) in [5.41, 5.74) is 1.65. The van der Waals surface area contributed by atoms with Crippen LogP contribution in [-0.2, 0) is 19.2 Å². The summed E-state index contributed by atoms with van der Waals surface area (Å²) in [4.78, 5) is 50.4. The van der Waals surface area contributed by atoms with Crippen LogP contribution in [0.15, 0.2) is 29.2 Å². The van der Waals surface area contributed by atoms with Crippen molar-refractivity contribution < 1.29 is 29.5 Å². The highest BCUT2D eigenvalue weighted by molar-refractivity contribution is 7.99. The van der Waals surface area contributed by atoms with E-state index in [2.05, 4.69) is 16.0 Å². The van der Waals surface area contributed by atoms with Gasteiger partial charge in [-0.1, -0.05) is 13.8 Å². The molecule has 1 rings (SSSR count). The third kappa shape index (κ3) is 9.70. The highest BCUT2D eigenvalue weighted by Gasteiger charge is 2.36. The Morgan fingerprint density at radius 2 is 1.58 bits per heavy atom. The van der Waals surface area contributed by atoms with Crippen LogP contribution in [0.5, 0.6) is 5.75 Å². The molecule has 0 spiro atoms. The van der Waals surface area contributed by atoms with Crippen LogP contribution in [0.4, 0.5) is 0 Å². The van der Waals surface area contributed by atoms with Crippen LogP contribution in [-0.4, -0.2) is 59.8 Å². The fourth-order valence-electron chi connectivity index (χ4n) is 3.27. The van der Waals surface area contributed by atoms with E-state index in [1.165, 1.54) is 38.0 Å². The molecule has 0 aromatic heterocycles. The van der Waals surface area contributed by atoms with E-state index in [0.29, 0.717) is 6.42 Å². The second-order valence-corrected chi connectivity index (χ2v) is 9.10. The molecule has 0 radical (unpaired) electrons. The molecule has 0 saturated heterocycles. The molecule has 6 N–H and O–H groups in total. The van der Waals surface area contributed by atoms with Gasteiger partial charge in [0.1, 0.15) is 11.8 Å². The van der Waals surface area contributed by atoms with Crippen LogP contribution >= 0.6 is 11.8 Å². The SMILES string of the molecule is CNC(=O)CCC(NC(=O)[C@H](CC(C)C)[C@H](CSc1ccc(O)cc1)C(=O)NO)C(=O)NC. The third-order valence-electron chi connectivity index (χ3n) is 5.08. The lowest BCUT2D eigenvalue weighted by atomic mass is 9.84. The molecule has 0 fully saturated rings. The molecule has 33 heavy (non-hydrogen) atoms. The van der Waals surface area contributed by atoms with Crippen molar-refractivity contribution in [2.45, 2.75) is 44.0 Å². The summed E-state index contributed by atoms with van der Waals surface area (Å²) in [7, 11) is 2.92. The highest BCUT2D eigenvalue weighted by Crippen LogP contribution is 2.29. The Bertz CT molecular complexity index is 803. The number of carbonyl (C=O) groups excluding carboxylic acids is 4. The lowest BCUT2D eigenvalue weighted by Gasteiger charge is -2.28. The Kier molecular flexibility index (Phi) is 12.3. The standard InChI is InChI=1S/C22H34N4O6S/c1-13(2)11-16(20(29)25-18(22(31)24-4)9-10-19(28)23-3)17(21(30)26-32)12-33-15-7-5-14(27)6-8-15/h5-8,13,16-18,27,32H,9-12H2,1-4H3,(H,23,28)(H,24,31)(H,25,29)(H,26,30)/t16-,17+,18?/m1/s1. The number of nitrogens with one attached hydrogen (secondary N) is 4. The molecule has 4 amide bonds. The van der Waals surface area contributed by atoms with Crippen LogP contribution in [0.25, 0.3) is 0 Å². The van der Waals surface area contributed by atoms with Crippen molar-refractivity contribution in [1.82, 2.24) is 21.4 Å². The first-order chi connectivity index (χ1) is 15.6.